The number of pyridine rings is 3. The zero-order chi connectivity index (χ0) is 18.4. The summed E-state index contributed by atoms with van der Waals surface area (Å²) < 4.78 is 6.18. The molecule has 27 heavy (non-hydrogen) atoms. The van der Waals surface area contributed by atoms with Crippen LogP contribution in [0.15, 0.2) is 71.4 Å². The van der Waals surface area contributed by atoms with Gasteiger partial charge in [0.25, 0.3) is 0 Å². The second-order valence-electron chi connectivity index (χ2n) is 6.69. The van der Waals surface area contributed by atoms with E-state index in [9.17, 15) is 0 Å². The van der Waals surface area contributed by atoms with Crippen LogP contribution < -0.4 is 0 Å². The molecule has 0 amide bonds. The Morgan fingerprint density at radius 3 is 2.48 bits per heavy atom. The standard InChI is InChI=1S/C23H17N3O/c1-14-6-8-17-18-9-7-15(2)26-23(18)27-22(17)21(14)20-13-16(10-12-25-20)19-5-3-4-11-24-19/h3-13H,1-2H3. The van der Waals surface area contributed by atoms with Crippen molar-refractivity contribution in [2.24, 2.45) is 0 Å². The van der Waals surface area contributed by atoms with Gasteiger partial charge >= 0.3 is 0 Å². The third-order valence-corrected chi connectivity index (χ3v) is 4.83. The number of benzene rings is 1. The summed E-state index contributed by atoms with van der Waals surface area (Å²) in [7, 11) is 0. The van der Waals surface area contributed by atoms with E-state index in [1.165, 1.54) is 0 Å². The van der Waals surface area contributed by atoms with Crippen molar-refractivity contribution in [1.29, 1.82) is 0 Å². The lowest BCUT2D eigenvalue weighted by Crippen LogP contribution is -1.90. The van der Waals surface area contributed by atoms with Gasteiger partial charge in [-0.2, -0.15) is 0 Å². The molecule has 0 aliphatic heterocycles. The van der Waals surface area contributed by atoms with Gasteiger partial charge in [-0.1, -0.05) is 18.2 Å². The van der Waals surface area contributed by atoms with Crippen LogP contribution in [0.2, 0.25) is 0 Å². The summed E-state index contributed by atoms with van der Waals surface area (Å²) in [6.45, 7) is 4.05. The molecule has 0 N–H and O–H groups in total. The van der Waals surface area contributed by atoms with Crippen molar-refractivity contribution in [3.8, 4) is 22.5 Å². The normalized spacial score (nSPS) is 11.3. The predicted molar refractivity (Wildman–Crippen MR) is 107 cm³/mol. The van der Waals surface area contributed by atoms with Crippen LogP contribution in [-0.2, 0) is 0 Å². The Labute approximate surface area is 156 Å². The van der Waals surface area contributed by atoms with E-state index in [0.29, 0.717) is 5.71 Å². The second-order valence-corrected chi connectivity index (χ2v) is 6.69. The first-order valence-electron chi connectivity index (χ1n) is 8.88. The van der Waals surface area contributed by atoms with E-state index in [-0.39, 0.29) is 0 Å². The Balaban J connectivity index is 1.78. The smallest absolute Gasteiger partial charge is 0.227 e. The lowest BCUT2D eigenvalue weighted by atomic mass is 9.99. The zero-order valence-corrected chi connectivity index (χ0v) is 15.1. The Morgan fingerprint density at radius 2 is 1.63 bits per heavy atom. The zero-order valence-electron chi connectivity index (χ0n) is 15.1. The summed E-state index contributed by atoms with van der Waals surface area (Å²) in [5, 5.41) is 2.08. The van der Waals surface area contributed by atoms with Crippen molar-refractivity contribution < 1.29 is 4.42 Å². The largest absolute Gasteiger partial charge is 0.437 e. The maximum absolute atomic E-state index is 6.18. The van der Waals surface area contributed by atoms with Gasteiger partial charge in [-0.3, -0.25) is 9.97 Å². The molecule has 0 aliphatic carbocycles. The molecule has 0 radical (unpaired) electrons. The van der Waals surface area contributed by atoms with Gasteiger partial charge in [0.15, 0.2) is 0 Å². The summed E-state index contributed by atoms with van der Waals surface area (Å²) in [6.07, 6.45) is 3.62. The van der Waals surface area contributed by atoms with Crippen LogP contribution in [0.1, 0.15) is 11.3 Å². The molecule has 5 rings (SSSR count). The SMILES string of the molecule is Cc1ccc2c(n1)oc1c(-c3cc(-c4ccccn4)ccn3)c(C)ccc12. The topological polar surface area (TPSA) is 51.8 Å². The van der Waals surface area contributed by atoms with Crippen LogP contribution in [0, 0.1) is 13.8 Å². The molecular formula is C23H17N3O. The maximum atomic E-state index is 6.18. The first kappa shape index (κ1) is 15.7. The summed E-state index contributed by atoms with van der Waals surface area (Å²) >= 11 is 0. The van der Waals surface area contributed by atoms with Crippen LogP contribution in [-0.4, -0.2) is 15.0 Å². The van der Waals surface area contributed by atoms with Crippen molar-refractivity contribution >= 4 is 22.1 Å². The average Bonchev–Trinajstić information content (AvgIpc) is 3.06. The summed E-state index contributed by atoms with van der Waals surface area (Å²) in [5.41, 5.74) is 7.37. The number of furan rings is 1. The van der Waals surface area contributed by atoms with Crippen molar-refractivity contribution in [3.63, 3.8) is 0 Å². The van der Waals surface area contributed by atoms with Gasteiger partial charge in [-0.15, -0.1) is 0 Å². The highest BCUT2D eigenvalue weighted by Gasteiger charge is 2.16. The number of rotatable bonds is 2. The third kappa shape index (κ3) is 2.57. The quantitative estimate of drug-likeness (QED) is 0.408. The minimum Gasteiger partial charge on any atom is -0.437 e. The first-order valence-corrected chi connectivity index (χ1v) is 8.88. The van der Waals surface area contributed by atoms with Crippen molar-refractivity contribution in [2.45, 2.75) is 13.8 Å². The van der Waals surface area contributed by atoms with Crippen molar-refractivity contribution in [3.05, 3.63) is 78.2 Å². The lowest BCUT2D eigenvalue weighted by molar-refractivity contribution is 0.653. The number of aromatic nitrogens is 3. The Bertz CT molecular complexity index is 1290. The molecule has 130 valence electrons. The molecule has 1 aromatic carbocycles. The van der Waals surface area contributed by atoms with Gasteiger partial charge in [-0.25, -0.2) is 4.98 Å². The van der Waals surface area contributed by atoms with Gasteiger partial charge in [0.05, 0.1) is 11.4 Å². The lowest BCUT2D eigenvalue weighted by Gasteiger charge is -2.08. The molecular weight excluding hydrogens is 334 g/mol. The molecule has 4 aromatic heterocycles. The van der Waals surface area contributed by atoms with E-state index in [0.717, 1.165) is 50.1 Å². The fourth-order valence-electron chi connectivity index (χ4n) is 3.49. The van der Waals surface area contributed by atoms with Crippen molar-refractivity contribution in [2.75, 3.05) is 0 Å². The molecule has 0 bridgehead atoms. The highest BCUT2D eigenvalue weighted by Crippen LogP contribution is 2.37. The van der Waals surface area contributed by atoms with E-state index in [1.807, 2.05) is 43.5 Å². The van der Waals surface area contributed by atoms with Gasteiger partial charge in [0.1, 0.15) is 5.58 Å². The molecule has 0 aliphatic rings. The highest BCUT2D eigenvalue weighted by atomic mass is 16.3. The summed E-state index contributed by atoms with van der Waals surface area (Å²) in [6, 6.07) is 18.2. The van der Waals surface area contributed by atoms with E-state index in [4.69, 9.17) is 4.42 Å². The van der Waals surface area contributed by atoms with Gasteiger partial charge in [0, 0.05) is 40.0 Å². The first-order chi connectivity index (χ1) is 13.2. The van der Waals surface area contributed by atoms with E-state index < -0.39 is 0 Å². The van der Waals surface area contributed by atoms with E-state index in [1.54, 1.807) is 6.20 Å². The van der Waals surface area contributed by atoms with Crippen LogP contribution in [0.3, 0.4) is 0 Å². The van der Waals surface area contributed by atoms with E-state index in [2.05, 4.69) is 46.1 Å². The van der Waals surface area contributed by atoms with Crippen LogP contribution >= 0.6 is 0 Å². The molecule has 0 saturated heterocycles. The molecule has 0 atom stereocenters. The van der Waals surface area contributed by atoms with E-state index >= 15 is 0 Å². The molecule has 0 spiro atoms. The number of nitrogens with zero attached hydrogens (tertiary/aromatic N) is 3. The minimum atomic E-state index is 0.665. The maximum Gasteiger partial charge on any atom is 0.227 e. The average molecular weight is 351 g/mol. The minimum absolute atomic E-state index is 0.665. The Kier molecular flexibility index (Phi) is 3.50. The van der Waals surface area contributed by atoms with Gasteiger partial charge in [-0.05, 0) is 55.8 Å². The van der Waals surface area contributed by atoms with Crippen LogP contribution in [0.25, 0.3) is 44.6 Å². The molecule has 5 aromatic rings. The number of hydrogen-bond acceptors (Lipinski definition) is 4. The number of hydrogen-bond donors (Lipinski definition) is 0. The molecule has 4 heterocycles. The molecule has 4 heteroatoms. The molecule has 0 unspecified atom stereocenters. The Hall–Kier alpha value is -3.53. The summed E-state index contributed by atoms with van der Waals surface area (Å²) in [4.78, 5) is 13.6. The second kappa shape index (κ2) is 6.02. The van der Waals surface area contributed by atoms with Crippen LogP contribution in [0.5, 0.6) is 0 Å². The molecule has 0 saturated carbocycles. The summed E-state index contributed by atoms with van der Waals surface area (Å²) in [5.74, 6) is 0. The fraction of sp³-hybridized carbons (Fsp3) is 0.0870. The number of fused-ring (bicyclic) bond motifs is 3. The fourth-order valence-corrected chi connectivity index (χ4v) is 3.49. The third-order valence-electron chi connectivity index (χ3n) is 4.83. The molecule has 4 nitrogen and oxygen atoms in total. The van der Waals surface area contributed by atoms with Crippen molar-refractivity contribution in [1.82, 2.24) is 15.0 Å². The van der Waals surface area contributed by atoms with Crippen LogP contribution in [0.4, 0.5) is 0 Å². The Morgan fingerprint density at radius 1 is 0.778 bits per heavy atom. The monoisotopic (exact) mass is 351 g/mol. The van der Waals surface area contributed by atoms with Gasteiger partial charge < -0.3 is 4.42 Å². The predicted octanol–water partition coefficient (Wildman–Crippen LogP) is 5.72. The molecule has 0 fully saturated rings. The number of aryl methyl sites for hydroxylation is 2. The highest BCUT2D eigenvalue weighted by molar-refractivity contribution is 6.09. The van der Waals surface area contributed by atoms with Gasteiger partial charge in [0.2, 0.25) is 5.71 Å².